The SMILES string of the molecule is C=C(CN)OP(O[C@@H]1C(OC(=C)N2CCS(=O)(=O)CC2)[C@H](n2ccc(=O)[nH]c2=O)O[C@@H]1CC)N(C(C)C)C(C)C. The highest BCUT2D eigenvalue weighted by atomic mass is 32.2. The van der Waals surface area contributed by atoms with Gasteiger partial charge in [0.15, 0.2) is 28.1 Å². The highest BCUT2D eigenvalue weighted by Gasteiger charge is 2.51. The Morgan fingerprint density at radius 1 is 1.20 bits per heavy atom. The summed E-state index contributed by atoms with van der Waals surface area (Å²) in [6.07, 6.45) is -1.29. The van der Waals surface area contributed by atoms with Crippen molar-refractivity contribution in [3.8, 4) is 0 Å². The van der Waals surface area contributed by atoms with Crippen LogP contribution in [0.25, 0.3) is 0 Å². The molecule has 0 amide bonds. The molecule has 0 bridgehead atoms. The Bertz CT molecular complexity index is 1240. The van der Waals surface area contributed by atoms with E-state index in [1.807, 2.05) is 34.6 Å². The first-order valence-corrected chi connectivity index (χ1v) is 16.3. The van der Waals surface area contributed by atoms with Crippen molar-refractivity contribution in [3.05, 3.63) is 57.9 Å². The number of aromatic amines is 1. The van der Waals surface area contributed by atoms with E-state index < -0.39 is 54.2 Å². The highest BCUT2D eigenvalue weighted by Crippen LogP contribution is 2.52. The van der Waals surface area contributed by atoms with Crippen molar-refractivity contribution in [2.75, 3.05) is 31.1 Å². The van der Waals surface area contributed by atoms with E-state index in [0.29, 0.717) is 12.2 Å². The van der Waals surface area contributed by atoms with Gasteiger partial charge in [-0.05, 0) is 40.7 Å². The summed E-state index contributed by atoms with van der Waals surface area (Å²) in [6, 6.07) is 1.31. The second kappa shape index (κ2) is 13.6. The number of H-pyrrole nitrogens is 1. The molecule has 0 aromatic carbocycles. The van der Waals surface area contributed by atoms with Crippen molar-refractivity contribution in [2.45, 2.75) is 77.7 Å². The Morgan fingerprint density at radius 3 is 2.35 bits per heavy atom. The zero-order valence-corrected chi connectivity index (χ0v) is 25.5. The molecule has 40 heavy (non-hydrogen) atoms. The summed E-state index contributed by atoms with van der Waals surface area (Å²) < 4.78 is 52.8. The third-order valence-corrected chi connectivity index (χ3v) is 10.4. The minimum Gasteiger partial charge on any atom is -0.469 e. The molecule has 0 spiro atoms. The van der Waals surface area contributed by atoms with Gasteiger partial charge in [-0.2, -0.15) is 0 Å². The lowest BCUT2D eigenvalue weighted by atomic mass is 10.1. The van der Waals surface area contributed by atoms with Crippen molar-refractivity contribution in [1.29, 1.82) is 0 Å². The monoisotopic (exact) mass is 603 g/mol. The second-order valence-electron chi connectivity index (χ2n) is 10.3. The molecule has 1 aromatic rings. The molecule has 2 fully saturated rings. The molecule has 0 saturated carbocycles. The highest BCUT2D eigenvalue weighted by molar-refractivity contribution is 7.91. The van der Waals surface area contributed by atoms with Gasteiger partial charge < -0.3 is 29.2 Å². The van der Waals surface area contributed by atoms with Crippen LogP contribution in [0.1, 0.15) is 47.3 Å². The van der Waals surface area contributed by atoms with Crippen LogP contribution in [0.4, 0.5) is 0 Å². The zero-order chi connectivity index (χ0) is 29.8. The fourth-order valence-corrected chi connectivity index (χ4v) is 7.64. The molecular formula is C25H42N5O8PS. The van der Waals surface area contributed by atoms with E-state index in [-0.39, 0.29) is 49.1 Å². The number of nitrogens with one attached hydrogen (secondary N) is 1. The summed E-state index contributed by atoms with van der Waals surface area (Å²) >= 11 is 0. The largest absolute Gasteiger partial charge is 0.469 e. The van der Waals surface area contributed by atoms with Crippen LogP contribution in [0.15, 0.2) is 46.7 Å². The van der Waals surface area contributed by atoms with Gasteiger partial charge >= 0.3 is 14.2 Å². The van der Waals surface area contributed by atoms with E-state index in [1.165, 1.54) is 16.8 Å². The molecule has 3 rings (SSSR count). The van der Waals surface area contributed by atoms with Crippen molar-refractivity contribution in [1.82, 2.24) is 19.1 Å². The van der Waals surface area contributed by atoms with Crippen LogP contribution in [-0.2, 0) is 28.4 Å². The standard InChI is InChI=1S/C25H42N5O8PS/c1-8-20-22(38-39(37-18(6)15-26)30(16(2)3)17(4)5)23(24(36-20)29-10-9-21(31)27-25(29)32)35-19(7)28-11-13-40(33,34)14-12-28/h9-10,16-17,20,22-24H,6-8,11-15,26H2,1-5H3,(H,27,31,32)/t20-,22+,23?,24-,39?/m1/s1. The van der Waals surface area contributed by atoms with Crippen molar-refractivity contribution in [3.63, 3.8) is 0 Å². The predicted octanol–water partition coefficient (Wildman–Crippen LogP) is 1.65. The van der Waals surface area contributed by atoms with Gasteiger partial charge in [0.1, 0.15) is 11.9 Å². The van der Waals surface area contributed by atoms with Gasteiger partial charge in [0.25, 0.3) is 5.56 Å². The summed E-state index contributed by atoms with van der Waals surface area (Å²) in [6.45, 7) is 18.5. The number of hydrogen-bond acceptors (Lipinski definition) is 11. The first-order chi connectivity index (χ1) is 18.8. The Labute approximate surface area is 236 Å². The normalized spacial score (nSPS) is 25.4. The first-order valence-electron chi connectivity index (χ1n) is 13.4. The molecule has 0 aliphatic carbocycles. The summed E-state index contributed by atoms with van der Waals surface area (Å²) in [5.74, 6) is 0.552. The quantitative estimate of drug-likeness (QED) is 0.249. The number of ether oxygens (including phenoxy) is 2. The minimum atomic E-state index is -3.12. The number of nitrogens with two attached hydrogens (primary N) is 1. The van der Waals surface area contributed by atoms with Crippen molar-refractivity contribution >= 4 is 18.4 Å². The van der Waals surface area contributed by atoms with Crippen molar-refractivity contribution < 1.29 is 26.9 Å². The fourth-order valence-electron chi connectivity index (χ4n) is 4.68. The Balaban J connectivity index is 2.01. The van der Waals surface area contributed by atoms with Crippen LogP contribution in [0.5, 0.6) is 0 Å². The van der Waals surface area contributed by atoms with Crippen LogP contribution in [-0.4, -0.2) is 89.1 Å². The third kappa shape index (κ3) is 7.74. The van der Waals surface area contributed by atoms with Gasteiger partial charge in [-0.3, -0.25) is 14.3 Å². The molecular weight excluding hydrogens is 561 g/mol. The number of nitrogens with zero attached hydrogens (tertiary/aromatic N) is 3. The molecule has 226 valence electrons. The fraction of sp³-hybridized carbons (Fsp3) is 0.680. The van der Waals surface area contributed by atoms with Crippen LogP contribution in [0, 0.1) is 0 Å². The molecule has 13 nitrogen and oxygen atoms in total. The lowest BCUT2D eigenvalue weighted by molar-refractivity contribution is -0.0632. The average molecular weight is 604 g/mol. The van der Waals surface area contributed by atoms with Gasteiger partial charge in [-0.1, -0.05) is 13.5 Å². The minimum absolute atomic E-state index is 0.0189. The molecule has 3 heterocycles. The van der Waals surface area contributed by atoms with E-state index in [1.54, 1.807) is 4.90 Å². The maximum absolute atomic E-state index is 12.8. The van der Waals surface area contributed by atoms with E-state index in [0.717, 1.165) is 0 Å². The topological polar surface area (TPSA) is 158 Å². The first kappa shape index (κ1) is 32.3. The van der Waals surface area contributed by atoms with Crippen LogP contribution < -0.4 is 17.0 Å². The van der Waals surface area contributed by atoms with Gasteiger partial charge in [0.05, 0.1) is 24.2 Å². The molecule has 15 heteroatoms. The van der Waals surface area contributed by atoms with E-state index in [9.17, 15) is 18.0 Å². The smallest absolute Gasteiger partial charge is 0.330 e. The number of aromatic nitrogens is 2. The molecule has 5 atom stereocenters. The number of sulfone groups is 1. The summed E-state index contributed by atoms with van der Waals surface area (Å²) in [4.78, 5) is 28.6. The molecule has 2 aliphatic heterocycles. The second-order valence-corrected chi connectivity index (χ2v) is 13.9. The summed E-state index contributed by atoms with van der Waals surface area (Å²) in [5.41, 5.74) is 4.58. The molecule has 2 aliphatic rings. The summed E-state index contributed by atoms with van der Waals surface area (Å²) in [7, 11) is -4.87. The van der Waals surface area contributed by atoms with Crippen LogP contribution in [0.3, 0.4) is 0 Å². The van der Waals surface area contributed by atoms with Gasteiger partial charge in [-0.25, -0.2) is 17.9 Å². The summed E-state index contributed by atoms with van der Waals surface area (Å²) in [5, 5.41) is 0. The maximum atomic E-state index is 12.8. The molecule has 0 radical (unpaired) electrons. The van der Waals surface area contributed by atoms with E-state index >= 15 is 0 Å². The lowest BCUT2D eigenvalue weighted by Crippen LogP contribution is -2.44. The maximum Gasteiger partial charge on any atom is 0.330 e. The Kier molecular flexibility index (Phi) is 11.0. The lowest BCUT2D eigenvalue weighted by Gasteiger charge is -2.39. The molecule has 1 aromatic heterocycles. The number of rotatable bonds is 13. The molecule has 2 saturated heterocycles. The predicted molar refractivity (Wildman–Crippen MR) is 153 cm³/mol. The van der Waals surface area contributed by atoms with Crippen LogP contribution in [0.2, 0.25) is 0 Å². The van der Waals surface area contributed by atoms with Gasteiger partial charge in [0, 0.05) is 37.4 Å². The third-order valence-electron chi connectivity index (χ3n) is 6.68. The van der Waals surface area contributed by atoms with Gasteiger partial charge in [-0.15, -0.1) is 0 Å². The van der Waals surface area contributed by atoms with Crippen molar-refractivity contribution in [2.24, 2.45) is 5.73 Å². The zero-order valence-electron chi connectivity index (χ0n) is 23.8. The molecule has 3 N–H and O–H groups in total. The van der Waals surface area contributed by atoms with Gasteiger partial charge in [0.2, 0.25) is 0 Å². The Hall–Kier alpha value is -2.22. The average Bonchev–Trinajstić information content (AvgIpc) is 3.19. The van der Waals surface area contributed by atoms with E-state index in [4.69, 9.17) is 24.3 Å². The Morgan fingerprint density at radius 2 is 1.82 bits per heavy atom. The number of hydrogen-bond donors (Lipinski definition) is 2. The van der Waals surface area contributed by atoms with E-state index in [2.05, 4.69) is 22.8 Å². The molecule has 2 unspecified atom stereocenters. The van der Waals surface area contributed by atoms with Crippen LogP contribution >= 0.6 is 8.53 Å².